The molecular weight excluding hydrogens is 410 g/mol. The summed E-state index contributed by atoms with van der Waals surface area (Å²) in [5.74, 6) is -0.701. The summed E-state index contributed by atoms with van der Waals surface area (Å²) in [4.78, 5) is 33.1. The number of nitrogens with zero attached hydrogens (tertiary/aromatic N) is 2. The van der Waals surface area contributed by atoms with Crippen molar-refractivity contribution in [1.29, 1.82) is 0 Å². The fourth-order valence-electron chi connectivity index (χ4n) is 3.09. The maximum absolute atomic E-state index is 12.5. The largest absolute Gasteiger partial charge is 0.465 e. The van der Waals surface area contributed by atoms with E-state index >= 15 is 0 Å². The predicted octanol–water partition coefficient (Wildman–Crippen LogP) is 4.84. The predicted molar refractivity (Wildman–Crippen MR) is 121 cm³/mol. The number of rotatable bonds is 6. The molecule has 0 radical (unpaired) electrons. The lowest BCUT2D eigenvalue weighted by Gasteiger charge is -2.10. The van der Waals surface area contributed by atoms with E-state index in [1.807, 2.05) is 41.8 Å². The highest BCUT2D eigenvalue weighted by Crippen LogP contribution is 2.28. The molecule has 1 N–H and O–H groups in total. The Morgan fingerprint density at radius 2 is 1.71 bits per heavy atom. The van der Waals surface area contributed by atoms with Crippen LogP contribution in [0.4, 0.5) is 5.69 Å². The Balaban J connectivity index is 1.43. The molecular formula is C24H19N3O3S. The van der Waals surface area contributed by atoms with Gasteiger partial charge in [0, 0.05) is 28.9 Å². The second-order valence-electron chi connectivity index (χ2n) is 6.73. The van der Waals surface area contributed by atoms with Crippen molar-refractivity contribution < 1.29 is 14.3 Å². The normalized spacial score (nSPS) is 10.5. The minimum absolute atomic E-state index is 0.190. The van der Waals surface area contributed by atoms with E-state index in [2.05, 4.69) is 10.3 Å². The zero-order valence-electron chi connectivity index (χ0n) is 16.7. The maximum atomic E-state index is 12.5. The molecule has 154 valence electrons. The van der Waals surface area contributed by atoms with Crippen molar-refractivity contribution in [2.75, 3.05) is 12.4 Å². The highest BCUT2D eigenvalue weighted by Gasteiger charge is 2.14. The smallest absolute Gasteiger partial charge is 0.339 e. The molecule has 1 amide bonds. The summed E-state index contributed by atoms with van der Waals surface area (Å²) >= 11 is 1.58. The number of ether oxygens (including phenoxy) is 1. The molecule has 0 fully saturated rings. The van der Waals surface area contributed by atoms with Crippen molar-refractivity contribution in [3.8, 4) is 21.8 Å². The fraction of sp³-hybridized carbons (Fsp3) is 0.0833. The van der Waals surface area contributed by atoms with Gasteiger partial charge in [-0.3, -0.25) is 9.78 Å². The number of methoxy groups -OCH3 is 1. The van der Waals surface area contributed by atoms with E-state index in [0.29, 0.717) is 11.3 Å². The van der Waals surface area contributed by atoms with Gasteiger partial charge in [0.1, 0.15) is 5.01 Å². The van der Waals surface area contributed by atoms with Crippen LogP contribution in [0.3, 0.4) is 0 Å². The lowest BCUT2D eigenvalue weighted by Crippen LogP contribution is -2.17. The molecule has 7 heteroatoms. The van der Waals surface area contributed by atoms with Crippen molar-refractivity contribution in [1.82, 2.24) is 9.97 Å². The van der Waals surface area contributed by atoms with Crippen LogP contribution >= 0.6 is 11.3 Å². The monoisotopic (exact) mass is 429 g/mol. The molecule has 0 atom stereocenters. The van der Waals surface area contributed by atoms with Gasteiger partial charge in [-0.2, -0.15) is 0 Å². The van der Waals surface area contributed by atoms with Crippen LogP contribution < -0.4 is 5.32 Å². The molecule has 4 rings (SSSR count). The van der Waals surface area contributed by atoms with Crippen LogP contribution in [0.1, 0.15) is 15.9 Å². The lowest BCUT2D eigenvalue weighted by atomic mass is 10.1. The summed E-state index contributed by atoms with van der Waals surface area (Å²) in [6.45, 7) is 0. The first-order valence-corrected chi connectivity index (χ1v) is 10.4. The van der Waals surface area contributed by atoms with Crippen molar-refractivity contribution in [2.45, 2.75) is 6.42 Å². The van der Waals surface area contributed by atoms with Gasteiger partial charge in [-0.1, -0.05) is 36.4 Å². The molecule has 2 aromatic heterocycles. The van der Waals surface area contributed by atoms with Crippen molar-refractivity contribution in [3.63, 3.8) is 0 Å². The van der Waals surface area contributed by atoms with Gasteiger partial charge in [-0.25, -0.2) is 9.78 Å². The topological polar surface area (TPSA) is 81.2 Å². The van der Waals surface area contributed by atoms with E-state index in [1.54, 1.807) is 48.0 Å². The quantitative estimate of drug-likeness (QED) is 0.444. The Hall–Kier alpha value is -3.84. The standard InChI is InChI=1S/C24H19N3O3S/c1-30-24(29)19-4-2-3-5-20(19)26-22(28)14-16-6-8-17(9-7-16)21-15-31-23(27-21)18-10-12-25-13-11-18/h2-13,15H,14H2,1H3,(H,26,28). The van der Waals surface area contributed by atoms with Crippen LogP contribution in [-0.4, -0.2) is 29.0 Å². The molecule has 0 aliphatic carbocycles. The van der Waals surface area contributed by atoms with Crippen LogP contribution in [0.2, 0.25) is 0 Å². The number of para-hydroxylation sites is 1. The summed E-state index contributed by atoms with van der Waals surface area (Å²) in [5.41, 5.74) is 4.52. The Kier molecular flexibility index (Phi) is 6.14. The number of nitrogens with one attached hydrogen (secondary N) is 1. The number of carbonyl (C=O) groups is 2. The maximum Gasteiger partial charge on any atom is 0.339 e. The molecule has 0 aliphatic rings. The molecule has 31 heavy (non-hydrogen) atoms. The van der Waals surface area contributed by atoms with E-state index in [4.69, 9.17) is 9.72 Å². The van der Waals surface area contributed by atoms with Gasteiger partial charge in [0.2, 0.25) is 5.91 Å². The SMILES string of the molecule is COC(=O)c1ccccc1NC(=O)Cc1ccc(-c2csc(-c3ccncc3)n2)cc1. The van der Waals surface area contributed by atoms with E-state index in [-0.39, 0.29) is 12.3 Å². The summed E-state index contributed by atoms with van der Waals surface area (Å²) < 4.78 is 4.76. The Morgan fingerprint density at radius 3 is 2.45 bits per heavy atom. The molecule has 0 saturated heterocycles. The first-order valence-electron chi connectivity index (χ1n) is 9.56. The Bertz CT molecular complexity index is 1200. The highest BCUT2D eigenvalue weighted by molar-refractivity contribution is 7.13. The molecule has 0 spiro atoms. The van der Waals surface area contributed by atoms with Crippen molar-refractivity contribution >= 4 is 28.9 Å². The number of esters is 1. The van der Waals surface area contributed by atoms with E-state index in [0.717, 1.165) is 27.4 Å². The van der Waals surface area contributed by atoms with Crippen LogP contribution in [0, 0.1) is 0 Å². The third-order valence-corrected chi connectivity index (χ3v) is 5.54. The number of hydrogen-bond donors (Lipinski definition) is 1. The number of carbonyl (C=O) groups excluding carboxylic acids is 2. The van der Waals surface area contributed by atoms with Gasteiger partial charge in [0.05, 0.1) is 30.5 Å². The second kappa shape index (κ2) is 9.32. The summed E-state index contributed by atoms with van der Waals surface area (Å²) in [7, 11) is 1.31. The number of amides is 1. The number of aromatic nitrogens is 2. The van der Waals surface area contributed by atoms with Crippen LogP contribution in [0.15, 0.2) is 78.4 Å². The van der Waals surface area contributed by atoms with E-state index < -0.39 is 5.97 Å². The Labute approximate surface area is 183 Å². The molecule has 0 saturated carbocycles. The van der Waals surface area contributed by atoms with Crippen LogP contribution in [0.5, 0.6) is 0 Å². The molecule has 2 heterocycles. The Morgan fingerprint density at radius 1 is 0.968 bits per heavy atom. The molecule has 4 aromatic rings. The van der Waals surface area contributed by atoms with E-state index in [9.17, 15) is 9.59 Å². The fourth-order valence-corrected chi connectivity index (χ4v) is 3.92. The van der Waals surface area contributed by atoms with Crippen molar-refractivity contribution in [2.24, 2.45) is 0 Å². The van der Waals surface area contributed by atoms with Gasteiger partial charge in [0.25, 0.3) is 0 Å². The first kappa shape index (κ1) is 20.4. The van der Waals surface area contributed by atoms with Gasteiger partial charge < -0.3 is 10.1 Å². The van der Waals surface area contributed by atoms with Gasteiger partial charge in [-0.05, 0) is 29.8 Å². The first-order chi connectivity index (χ1) is 15.1. The van der Waals surface area contributed by atoms with Gasteiger partial charge >= 0.3 is 5.97 Å². The minimum Gasteiger partial charge on any atom is -0.465 e. The lowest BCUT2D eigenvalue weighted by molar-refractivity contribution is -0.115. The van der Waals surface area contributed by atoms with Crippen molar-refractivity contribution in [3.05, 3.63) is 89.6 Å². The second-order valence-corrected chi connectivity index (χ2v) is 7.59. The van der Waals surface area contributed by atoms with Crippen LogP contribution in [0.25, 0.3) is 21.8 Å². The molecule has 6 nitrogen and oxygen atoms in total. The molecule has 2 aromatic carbocycles. The third kappa shape index (κ3) is 4.84. The average Bonchev–Trinajstić information content (AvgIpc) is 3.30. The van der Waals surface area contributed by atoms with Crippen LogP contribution in [-0.2, 0) is 16.0 Å². The summed E-state index contributed by atoms with van der Waals surface area (Å²) in [5, 5.41) is 5.74. The number of pyridine rings is 1. The summed E-state index contributed by atoms with van der Waals surface area (Å²) in [6, 6.07) is 18.4. The molecule has 0 unspecified atom stereocenters. The molecule has 0 aliphatic heterocycles. The average molecular weight is 430 g/mol. The summed E-state index contributed by atoms with van der Waals surface area (Å²) in [6.07, 6.45) is 3.69. The van der Waals surface area contributed by atoms with Gasteiger partial charge in [-0.15, -0.1) is 11.3 Å². The third-order valence-electron chi connectivity index (χ3n) is 4.65. The number of anilines is 1. The number of benzene rings is 2. The number of thiazole rings is 1. The zero-order valence-corrected chi connectivity index (χ0v) is 17.6. The van der Waals surface area contributed by atoms with E-state index in [1.165, 1.54) is 7.11 Å². The zero-order chi connectivity index (χ0) is 21.6. The molecule has 0 bridgehead atoms. The number of hydrogen-bond acceptors (Lipinski definition) is 6. The van der Waals surface area contributed by atoms with Gasteiger partial charge in [0.15, 0.2) is 0 Å². The highest BCUT2D eigenvalue weighted by atomic mass is 32.1. The minimum atomic E-state index is -0.491.